The molecule has 0 aliphatic heterocycles. The first kappa shape index (κ1) is 13.2. The highest BCUT2D eigenvalue weighted by molar-refractivity contribution is 8.13. The molecule has 0 bridgehead atoms. The molecular weight excluding hydrogens is 240 g/mol. The number of carbonyl (C=O) groups is 1. The van der Waals surface area contributed by atoms with E-state index in [1.54, 1.807) is 0 Å². The van der Waals surface area contributed by atoms with E-state index >= 15 is 0 Å². The summed E-state index contributed by atoms with van der Waals surface area (Å²) in [4.78, 5) is 24.5. The molecule has 6 heteroatoms. The lowest BCUT2D eigenvalue weighted by Crippen LogP contribution is -1.90. The third-order valence-electron chi connectivity index (χ3n) is 1.70. The van der Waals surface area contributed by atoms with Crippen LogP contribution in [0.4, 0.5) is 5.69 Å². The van der Waals surface area contributed by atoms with Gasteiger partial charge in [-0.3, -0.25) is 14.9 Å². The number of carbonyl (C=O) groups excluding carboxylic acids is 1. The Morgan fingerprint density at radius 3 is 3.06 bits per heavy atom. The normalized spacial score (nSPS) is 9.24. The van der Waals surface area contributed by atoms with E-state index in [1.165, 1.54) is 37.0 Å². The van der Waals surface area contributed by atoms with Crippen LogP contribution in [0.3, 0.4) is 0 Å². The molecule has 0 N–H and O–H groups in total. The van der Waals surface area contributed by atoms with Gasteiger partial charge in [0.15, 0.2) is 5.12 Å². The van der Waals surface area contributed by atoms with Gasteiger partial charge in [-0.05, 0) is 5.92 Å². The maximum absolute atomic E-state index is 10.6. The fourth-order valence-corrected chi connectivity index (χ4v) is 1.49. The Kier molecular flexibility index (Phi) is 5.17. The second-order valence-corrected chi connectivity index (χ2v) is 4.32. The highest BCUT2D eigenvalue weighted by Gasteiger charge is 2.04. The average Bonchev–Trinajstić information content (AvgIpc) is 2.28. The quantitative estimate of drug-likeness (QED) is 0.355. The summed E-state index contributed by atoms with van der Waals surface area (Å²) in [5.41, 5.74) is 0.342. The number of pyridine rings is 1. The summed E-state index contributed by atoms with van der Waals surface area (Å²) in [6, 6.07) is 2.64. The van der Waals surface area contributed by atoms with E-state index in [4.69, 9.17) is 0 Å². The van der Waals surface area contributed by atoms with Gasteiger partial charge in [0.05, 0.1) is 11.0 Å². The molecule has 0 saturated heterocycles. The molecule has 1 heterocycles. The van der Waals surface area contributed by atoms with E-state index in [9.17, 15) is 14.9 Å². The smallest absolute Gasteiger partial charge is 0.273 e. The summed E-state index contributed by atoms with van der Waals surface area (Å²) in [5.74, 6) is 6.16. The molecule has 0 radical (unpaired) electrons. The Morgan fingerprint density at radius 1 is 1.65 bits per heavy atom. The third-order valence-corrected chi connectivity index (χ3v) is 2.52. The lowest BCUT2D eigenvalue weighted by molar-refractivity contribution is -0.385. The molecule has 0 aliphatic rings. The van der Waals surface area contributed by atoms with Gasteiger partial charge in [-0.15, -0.1) is 0 Å². The third kappa shape index (κ3) is 5.13. The van der Waals surface area contributed by atoms with Crippen molar-refractivity contribution < 1.29 is 9.72 Å². The molecule has 1 aromatic rings. The van der Waals surface area contributed by atoms with Crippen molar-refractivity contribution >= 4 is 22.6 Å². The van der Waals surface area contributed by atoms with E-state index < -0.39 is 4.92 Å². The van der Waals surface area contributed by atoms with E-state index in [1.807, 2.05) is 0 Å². The summed E-state index contributed by atoms with van der Waals surface area (Å²) < 4.78 is 0. The van der Waals surface area contributed by atoms with Crippen molar-refractivity contribution in [1.82, 2.24) is 4.98 Å². The molecule has 1 aromatic heterocycles. The number of nitrogens with zero attached hydrogens (tertiary/aromatic N) is 2. The Balaban J connectivity index is 2.56. The number of hydrogen-bond acceptors (Lipinski definition) is 5. The Bertz CT molecular complexity index is 491. The predicted molar refractivity (Wildman–Crippen MR) is 65.5 cm³/mol. The van der Waals surface area contributed by atoms with Crippen LogP contribution in [0.2, 0.25) is 0 Å². The van der Waals surface area contributed by atoms with Crippen molar-refractivity contribution in [3.8, 4) is 11.8 Å². The van der Waals surface area contributed by atoms with Gasteiger partial charge < -0.3 is 0 Å². The van der Waals surface area contributed by atoms with Gasteiger partial charge in [-0.2, -0.15) is 0 Å². The first-order valence-corrected chi connectivity index (χ1v) is 5.81. The zero-order chi connectivity index (χ0) is 12.7. The molecule has 0 atom stereocenters. The van der Waals surface area contributed by atoms with Gasteiger partial charge in [0, 0.05) is 31.4 Å². The van der Waals surface area contributed by atoms with Crippen LogP contribution in [-0.2, 0) is 4.79 Å². The Morgan fingerprint density at radius 2 is 2.41 bits per heavy atom. The minimum absolute atomic E-state index is 0.0255. The van der Waals surface area contributed by atoms with E-state index in [0.717, 1.165) is 0 Å². The molecule has 0 aliphatic carbocycles. The van der Waals surface area contributed by atoms with Crippen LogP contribution in [0.15, 0.2) is 18.3 Å². The largest absolute Gasteiger partial charge is 0.288 e. The average molecular weight is 250 g/mol. The highest BCUT2D eigenvalue weighted by Crippen LogP contribution is 2.09. The number of hydrogen-bond donors (Lipinski definition) is 0. The van der Waals surface area contributed by atoms with Crippen molar-refractivity contribution in [2.45, 2.75) is 13.3 Å². The lowest BCUT2D eigenvalue weighted by Gasteiger charge is -1.91. The maximum Gasteiger partial charge on any atom is 0.273 e. The summed E-state index contributed by atoms with van der Waals surface area (Å²) in [6.07, 6.45) is 1.90. The van der Waals surface area contributed by atoms with Crippen LogP contribution in [0.1, 0.15) is 19.0 Å². The zero-order valence-electron chi connectivity index (χ0n) is 9.17. The number of aromatic nitrogens is 1. The summed E-state index contributed by atoms with van der Waals surface area (Å²) in [7, 11) is 0. The first-order valence-electron chi connectivity index (χ1n) is 4.82. The summed E-state index contributed by atoms with van der Waals surface area (Å²) in [6.45, 7) is 1.50. The number of rotatable bonds is 3. The maximum atomic E-state index is 10.6. The lowest BCUT2D eigenvalue weighted by atomic mass is 10.3. The number of thioether (sulfide) groups is 1. The molecule has 0 amide bonds. The second-order valence-electron chi connectivity index (χ2n) is 3.05. The second kappa shape index (κ2) is 6.66. The molecule has 88 valence electrons. The standard InChI is InChI=1S/C11H10N2O3S/c1-9(14)17-7-3-2-4-10-8-11(13(15)16)5-6-12-10/h5-6,8H,3,7H2,1H3. The fraction of sp³-hybridized carbons (Fsp3) is 0.273. The SMILES string of the molecule is CC(=O)SCCC#Cc1cc([N+](=O)[O-])ccn1. The predicted octanol–water partition coefficient (Wildman–Crippen LogP) is 2.01. The van der Waals surface area contributed by atoms with Crippen molar-refractivity contribution in [3.05, 3.63) is 34.1 Å². The molecule has 17 heavy (non-hydrogen) atoms. The van der Waals surface area contributed by atoms with Crippen molar-refractivity contribution in [2.24, 2.45) is 0 Å². The van der Waals surface area contributed by atoms with Crippen LogP contribution >= 0.6 is 11.8 Å². The van der Waals surface area contributed by atoms with Gasteiger partial charge in [0.1, 0.15) is 5.69 Å². The minimum Gasteiger partial charge on any atom is -0.288 e. The van der Waals surface area contributed by atoms with Crippen molar-refractivity contribution in [1.29, 1.82) is 0 Å². The van der Waals surface area contributed by atoms with Crippen LogP contribution in [0, 0.1) is 22.0 Å². The molecule has 0 saturated carbocycles. The summed E-state index contributed by atoms with van der Waals surface area (Å²) >= 11 is 1.20. The van der Waals surface area contributed by atoms with Gasteiger partial charge in [-0.1, -0.05) is 17.7 Å². The van der Waals surface area contributed by atoms with E-state index in [0.29, 0.717) is 17.9 Å². The van der Waals surface area contributed by atoms with E-state index in [2.05, 4.69) is 16.8 Å². The van der Waals surface area contributed by atoms with Gasteiger partial charge in [-0.25, -0.2) is 4.98 Å². The molecule has 0 spiro atoms. The topological polar surface area (TPSA) is 73.1 Å². The summed E-state index contributed by atoms with van der Waals surface area (Å²) in [5, 5.41) is 10.5. The fourth-order valence-electron chi connectivity index (χ4n) is 1.00. The van der Waals surface area contributed by atoms with E-state index in [-0.39, 0.29) is 10.8 Å². The number of nitro groups is 1. The zero-order valence-corrected chi connectivity index (χ0v) is 9.99. The van der Waals surface area contributed by atoms with Crippen molar-refractivity contribution in [2.75, 3.05) is 5.75 Å². The molecule has 0 unspecified atom stereocenters. The van der Waals surface area contributed by atoms with Gasteiger partial charge >= 0.3 is 0 Å². The van der Waals surface area contributed by atoms with Crippen LogP contribution < -0.4 is 0 Å². The Hall–Kier alpha value is -1.87. The first-order chi connectivity index (χ1) is 8.09. The Labute approximate surface area is 103 Å². The van der Waals surface area contributed by atoms with Gasteiger partial charge in [0.25, 0.3) is 5.69 Å². The molecular formula is C11H10N2O3S. The van der Waals surface area contributed by atoms with Crippen LogP contribution in [0.5, 0.6) is 0 Å². The van der Waals surface area contributed by atoms with Crippen molar-refractivity contribution in [3.63, 3.8) is 0 Å². The molecule has 0 aromatic carbocycles. The highest BCUT2D eigenvalue weighted by atomic mass is 32.2. The molecule has 0 fully saturated rings. The van der Waals surface area contributed by atoms with Crippen LogP contribution in [-0.4, -0.2) is 20.8 Å². The van der Waals surface area contributed by atoms with Crippen LogP contribution in [0.25, 0.3) is 0 Å². The molecule has 1 rings (SSSR count). The molecule has 5 nitrogen and oxygen atoms in total. The van der Waals surface area contributed by atoms with Gasteiger partial charge in [0.2, 0.25) is 0 Å². The minimum atomic E-state index is -0.488. The monoisotopic (exact) mass is 250 g/mol.